The molecule has 1 fully saturated rings. The van der Waals surface area contributed by atoms with Crippen LogP contribution in [0.25, 0.3) is 0 Å². The SMILES string of the molecule is CCNC(=O)C(CN1CCOCC1)(OC)Sc1ccccn1. The number of pyridine rings is 1. The largest absolute Gasteiger partial charge is 0.379 e. The minimum atomic E-state index is -1.01. The third kappa shape index (κ3) is 4.42. The van der Waals surface area contributed by atoms with Crippen LogP contribution in [0, 0.1) is 0 Å². The second kappa shape index (κ2) is 8.47. The Morgan fingerprint density at radius 3 is 2.86 bits per heavy atom. The number of hydrogen-bond donors (Lipinski definition) is 1. The van der Waals surface area contributed by atoms with Crippen molar-refractivity contribution >= 4 is 17.7 Å². The molecule has 0 saturated carbocycles. The summed E-state index contributed by atoms with van der Waals surface area (Å²) in [6, 6.07) is 5.64. The van der Waals surface area contributed by atoms with E-state index in [0.717, 1.165) is 18.1 Å². The van der Waals surface area contributed by atoms with Gasteiger partial charge in [0.1, 0.15) is 0 Å². The lowest BCUT2D eigenvalue weighted by Crippen LogP contribution is -2.55. The predicted octanol–water partition coefficient (Wildman–Crippen LogP) is 0.985. The summed E-state index contributed by atoms with van der Waals surface area (Å²) in [6.45, 7) is 5.93. The number of carbonyl (C=O) groups excluding carboxylic acids is 1. The summed E-state index contributed by atoms with van der Waals surface area (Å²) in [4.78, 5) is 18.1. The van der Waals surface area contributed by atoms with Gasteiger partial charge in [-0.25, -0.2) is 4.98 Å². The fourth-order valence-corrected chi connectivity index (χ4v) is 3.37. The minimum Gasteiger partial charge on any atom is -0.379 e. The maximum Gasteiger partial charge on any atom is 0.264 e. The highest BCUT2D eigenvalue weighted by atomic mass is 32.2. The molecule has 2 rings (SSSR count). The van der Waals surface area contributed by atoms with Crippen molar-refractivity contribution in [3.05, 3.63) is 24.4 Å². The van der Waals surface area contributed by atoms with E-state index in [1.165, 1.54) is 11.8 Å². The molecule has 1 unspecified atom stereocenters. The Hall–Kier alpha value is -1.15. The van der Waals surface area contributed by atoms with E-state index >= 15 is 0 Å². The van der Waals surface area contributed by atoms with Crippen molar-refractivity contribution in [3.8, 4) is 0 Å². The lowest BCUT2D eigenvalue weighted by Gasteiger charge is -2.36. The van der Waals surface area contributed by atoms with Crippen LogP contribution in [0.4, 0.5) is 0 Å². The molecule has 6 nitrogen and oxygen atoms in total. The van der Waals surface area contributed by atoms with Gasteiger partial charge in [-0.3, -0.25) is 9.69 Å². The molecule has 1 aliphatic rings. The van der Waals surface area contributed by atoms with Crippen LogP contribution in [0.3, 0.4) is 0 Å². The molecule has 0 aromatic carbocycles. The molecule has 0 bridgehead atoms. The molecule has 1 amide bonds. The van der Waals surface area contributed by atoms with Gasteiger partial charge in [0.05, 0.1) is 18.2 Å². The molecule has 7 heteroatoms. The first kappa shape index (κ1) is 17.2. The third-order valence-electron chi connectivity index (χ3n) is 3.46. The maximum absolute atomic E-state index is 12.6. The molecule has 122 valence electrons. The highest BCUT2D eigenvalue weighted by Gasteiger charge is 2.42. The number of morpholine rings is 1. The average molecular weight is 325 g/mol. The standard InChI is InChI=1S/C15H23N3O3S/c1-3-16-14(19)15(20-2,12-18-8-10-21-11-9-18)22-13-6-4-5-7-17-13/h4-7H,3,8-12H2,1-2H3,(H,16,19). The Morgan fingerprint density at radius 2 is 2.27 bits per heavy atom. The van der Waals surface area contributed by atoms with Crippen molar-refractivity contribution in [1.29, 1.82) is 0 Å². The summed E-state index contributed by atoms with van der Waals surface area (Å²) < 4.78 is 11.1. The molecule has 2 heterocycles. The summed E-state index contributed by atoms with van der Waals surface area (Å²) in [5.74, 6) is -0.125. The van der Waals surface area contributed by atoms with Crippen LogP contribution in [0.2, 0.25) is 0 Å². The number of methoxy groups -OCH3 is 1. The zero-order valence-electron chi connectivity index (χ0n) is 13.1. The van der Waals surface area contributed by atoms with Crippen LogP contribution in [0.1, 0.15) is 6.92 Å². The van der Waals surface area contributed by atoms with Crippen LogP contribution in [0.5, 0.6) is 0 Å². The predicted molar refractivity (Wildman–Crippen MR) is 85.8 cm³/mol. The smallest absolute Gasteiger partial charge is 0.264 e. The van der Waals surface area contributed by atoms with E-state index in [-0.39, 0.29) is 5.91 Å². The Bertz CT molecular complexity index is 468. The van der Waals surface area contributed by atoms with Crippen molar-refractivity contribution < 1.29 is 14.3 Å². The molecular formula is C15H23N3O3S. The van der Waals surface area contributed by atoms with Gasteiger partial charge in [0, 0.05) is 39.5 Å². The summed E-state index contributed by atoms with van der Waals surface area (Å²) in [6.07, 6.45) is 1.72. The number of ether oxygens (including phenoxy) is 2. The first-order valence-electron chi connectivity index (χ1n) is 7.44. The van der Waals surface area contributed by atoms with E-state index in [4.69, 9.17) is 9.47 Å². The molecule has 0 radical (unpaired) electrons. The van der Waals surface area contributed by atoms with Crippen LogP contribution >= 0.6 is 11.8 Å². The molecule has 0 aliphatic carbocycles. The van der Waals surface area contributed by atoms with Gasteiger partial charge in [-0.2, -0.15) is 0 Å². The lowest BCUT2D eigenvalue weighted by atomic mass is 10.2. The Morgan fingerprint density at radius 1 is 1.50 bits per heavy atom. The van der Waals surface area contributed by atoms with Crippen LogP contribution in [-0.2, 0) is 14.3 Å². The fourth-order valence-electron chi connectivity index (χ4n) is 2.27. The third-order valence-corrected chi connectivity index (χ3v) is 4.72. The van der Waals surface area contributed by atoms with E-state index in [2.05, 4.69) is 15.2 Å². The number of nitrogens with zero attached hydrogens (tertiary/aromatic N) is 2. The molecule has 1 atom stereocenters. The van der Waals surface area contributed by atoms with Gasteiger partial charge in [-0.1, -0.05) is 17.8 Å². The second-order valence-corrected chi connectivity index (χ2v) is 6.26. The highest BCUT2D eigenvalue weighted by molar-refractivity contribution is 8.01. The zero-order valence-corrected chi connectivity index (χ0v) is 13.9. The second-order valence-electron chi connectivity index (χ2n) is 4.98. The summed E-state index contributed by atoms with van der Waals surface area (Å²) in [5.41, 5.74) is 0. The summed E-state index contributed by atoms with van der Waals surface area (Å²) in [7, 11) is 1.58. The fraction of sp³-hybridized carbons (Fsp3) is 0.600. The molecule has 1 aromatic heterocycles. The van der Waals surface area contributed by atoms with Crippen LogP contribution in [0.15, 0.2) is 29.4 Å². The summed E-state index contributed by atoms with van der Waals surface area (Å²) in [5, 5.41) is 3.64. The van der Waals surface area contributed by atoms with Gasteiger partial charge in [-0.05, 0) is 19.1 Å². The quantitative estimate of drug-likeness (QED) is 0.596. The number of thioether (sulfide) groups is 1. The first-order valence-corrected chi connectivity index (χ1v) is 8.25. The Labute approximate surface area is 135 Å². The molecule has 1 N–H and O–H groups in total. The van der Waals surface area contributed by atoms with Crippen molar-refractivity contribution in [1.82, 2.24) is 15.2 Å². The lowest BCUT2D eigenvalue weighted by molar-refractivity contribution is -0.136. The average Bonchev–Trinajstić information content (AvgIpc) is 2.56. The number of aromatic nitrogens is 1. The number of hydrogen-bond acceptors (Lipinski definition) is 6. The Kier molecular flexibility index (Phi) is 6.63. The number of amides is 1. The molecule has 0 spiro atoms. The van der Waals surface area contributed by atoms with Gasteiger partial charge >= 0.3 is 0 Å². The van der Waals surface area contributed by atoms with Gasteiger partial charge < -0.3 is 14.8 Å². The normalized spacial score (nSPS) is 18.6. The van der Waals surface area contributed by atoms with E-state index in [9.17, 15) is 4.79 Å². The van der Waals surface area contributed by atoms with E-state index < -0.39 is 4.93 Å². The summed E-state index contributed by atoms with van der Waals surface area (Å²) >= 11 is 1.35. The van der Waals surface area contributed by atoms with Crippen molar-refractivity contribution in [2.24, 2.45) is 0 Å². The van der Waals surface area contributed by atoms with Gasteiger partial charge in [0.15, 0.2) is 0 Å². The monoisotopic (exact) mass is 325 g/mol. The molecule has 1 aromatic rings. The number of likely N-dealkylation sites (N-methyl/N-ethyl adjacent to an activating group) is 1. The van der Waals surface area contributed by atoms with Crippen molar-refractivity contribution in [3.63, 3.8) is 0 Å². The number of rotatable bonds is 7. The molecule has 22 heavy (non-hydrogen) atoms. The van der Waals surface area contributed by atoms with Gasteiger partial charge in [0.25, 0.3) is 5.91 Å². The molecule has 1 aliphatic heterocycles. The highest BCUT2D eigenvalue weighted by Crippen LogP contribution is 2.34. The topological polar surface area (TPSA) is 63.7 Å². The number of carbonyl (C=O) groups is 1. The van der Waals surface area contributed by atoms with E-state index in [0.29, 0.717) is 26.3 Å². The van der Waals surface area contributed by atoms with Crippen LogP contribution in [-0.4, -0.2) is 67.2 Å². The van der Waals surface area contributed by atoms with Crippen LogP contribution < -0.4 is 5.32 Å². The first-order chi connectivity index (χ1) is 10.7. The molecule has 1 saturated heterocycles. The zero-order chi connectivity index (χ0) is 15.8. The Balaban J connectivity index is 2.18. The van der Waals surface area contributed by atoms with Crippen molar-refractivity contribution in [2.75, 3.05) is 46.5 Å². The maximum atomic E-state index is 12.6. The number of nitrogens with one attached hydrogen (secondary N) is 1. The minimum absolute atomic E-state index is 0.125. The van der Waals surface area contributed by atoms with E-state index in [1.807, 2.05) is 25.1 Å². The van der Waals surface area contributed by atoms with E-state index in [1.54, 1.807) is 13.3 Å². The van der Waals surface area contributed by atoms with Gasteiger partial charge in [-0.15, -0.1) is 0 Å². The van der Waals surface area contributed by atoms with Crippen molar-refractivity contribution in [2.45, 2.75) is 16.9 Å². The van der Waals surface area contributed by atoms with Gasteiger partial charge in [0.2, 0.25) is 4.93 Å². The molecular weight excluding hydrogens is 302 g/mol.